The highest BCUT2D eigenvalue weighted by atomic mass is 16.4. The molecule has 2 N–H and O–H groups in total. The van der Waals surface area contributed by atoms with Crippen LogP contribution >= 0.6 is 0 Å². The molecule has 0 bridgehead atoms. The molecule has 0 aromatic carbocycles. The van der Waals surface area contributed by atoms with Crippen LogP contribution in [0.3, 0.4) is 0 Å². The Balaban J connectivity index is 1.83. The summed E-state index contributed by atoms with van der Waals surface area (Å²) in [6, 6.07) is 0. The average molecular weight is 296 g/mol. The van der Waals surface area contributed by atoms with Crippen molar-refractivity contribution in [2.24, 2.45) is 11.8 Å². The zero-order valence-electron chi connectivity index (χ0n) is 12.7. The van der Waals surface area contributed by atoms with Gasteiger partial charge in [-0.2, -0.15) is 0 Å². The lowest BCUT2D eigenvalue weighted by atomic mass is 9.88. The molecule has 0 aromatic heterocycles. The number of piperidine rings is 1. The van der Waals surface area contributed by atoms with E-state index in [2.05, 4.69) is 5.32 Å². The number of likely N-dealkylation sites (tertiary alicyclic amines) is 1. The lowest BCUT2D eigenvalue weighted by molar-refractivity contribution is -0.161. The van der Waals surface area contributed by atoms with Crippen LogP contribution in [0.4, 0.5) is 0 Å². The molecule has 1 heterocycles. The van der Waals surface area contributed by atoms with Gasteiger partial charge in [-0.1, -0.05) is 6.92 Å². The van der Waals surface area contributed by atoms with Gasteiger partial charge in [0.05, 0.1) is 0 Å². The molecule has 1 aliphatic carbocycles. The van der Waals surface area contributed by atoms with E-state index >= 15 is 0 Å². The van der Waals surface area contributed by atoms with Gasteiger partial charge in [-0.05, 0) is 38.5 Å². The summed E-state index contributed by atoms with van der Waals surface area (Å²) in [7, 11) is 0. The average Bonchev–Trinajstić information content (AvgIpc) is 3.16. The molecular formula is C15H24N2O4. The summed E-state index contributed by atoms with van der Waals surface area (Å²) < 4.78 is 0. The summed E-state index contributed by atoms with van der Waals surface area (Å²) in [5.41, 5.74) is -1.11. The Hall–Kier alpha value is -1.59. The van der Waals surface area contributed by atoms with E-state index in [1.54, 1.807) is 6.92 Å². The third-order valence-electron chi connectivity index (χ3n) is 4.74. The number of carbonyl (C=O) groups excluding carboxylic acids is 2. The molecule has 3 unspecified atom stereocenters. The van der Waals surface area contributed by atoms with E-state index in [1.807, 2.05) is 6.92 Å². The van der Waals surface area contributed by atoms with E-state index < -0.39 is 11.5 Å². The fourth-order valence-corrected chi connectivity index (χ4v) is 2.99. The Kier molecular flexibility index (Phi) is 4.54. The Morgan fingerprint density at radius 3 is 2.57 bits per heavy atom. The molecule has 2 fully saturated rings. The van der Waals surface area contributed by atoms with E-state index in [0.29, 0.717) is 18.9 Å². The van der Waals surface area contributed by atoms with Crippen LogP contribution in [-0.2, 0) is 14.4 Å². The number of carboxylic acids is 1. The van der Waals surface area contributed by atoms with Gasteiger partial charge in [-0.25, -0.2) is 4.79 Å². The molecule has 1 saturated heterocycles. The molecule has 2 amide bonds. The molecule has 118 valence electrons. The summed E-state index contributed by atoms with van der Waals surface area (Å²) in [6.45, 7) is 4.40. The van der Waals surface area contributed by atoms with E-state index in [-0.39, 0.29) is 30.7 Å². The summed E-state index contributed by atoms with van der Waals surface area (Å²) in [4.78, 5) is 36.8. The molecule has 6 heteroatoms. The molecule has 2 rings (SSSR count). The van der Waals surface area contributed by atoms with Crippen molar-refractivity contribution in [3.63, 3.8) is 0 Å². The van der Waals surface area contributed by atoms with Crippen LogP contribution in [0.5, 0.6) is 0 Å². The molecule has 21 heavy (non-hydrogen) atoms. The number of hydrogen-bond donors (Lipinski definition) is 2. The van der Waals surface area contributed by atoms with E-state index in [4.69, 9.17) is 0 Å². The lowest BCUT2D eigenvalue weighted by Crippen LogP contribution is -2.57. The topological polar surface area (TPSA) is 86.7 Å². The molecule has 6 nitrogen and oxygen atoms in total. The molecule has 0 radical (unpaired) electrons. The first kappa shape index (κ1) is 15.8. The first-order chi connectivity index (χ1) is 9.86. The minimum Gasteiger partial charge on any atom is -0.480 e. The Labute approximate surface area is 124 Å². The van der Waals surface area contributed by atoms with Crippen LogP contribution in [-0.4, -0.2) is 46.4 Å². The van der Waals surface area contributed by atoms with Crippen molar-refractivity contribution >= 4 is 17.8 Å². The van der Waals surface area contributed by atoms with Crippen molar-refractivity contribution in [3.05, 3.63) is 0 Å². The standard InChI is InChI=1S/C15H24N2O4/c1-10-9-11(10)13(19)16-7-5-12(18)17-8-4-3-6-15(17,2)14(20)21/h10-11H,3-9H2,1-2H3,(H,16,19)(H,20,21). The van der Waals surface area contributed by atoms with Crippen molar-refractivity contribution in [1.82, 2.24) is 10.2 Å². The molecular weight excluding hydrogens is 272 g/mol. The zero-order valence-corrected chi connectivity index (χ0v) is 12.7. The van der Waals surface area contributed by atoms with Gasteiger partial charge in [0.1, 0.15) is 5.54 Å². The van der Waals surface area contributed by atoms with Gasteiger partial charge in [-0.15, -0.1) is 0 Å². The third-order valence-corrected chi connectivity index (χ3v) is 4.74. The largest absolute Gasteiger partial charge is 0.480 e. The highest BCUT2D eigenvalue weighted by Crippen LogP contribution is 2.37. The van der Waals surface area contributed by atoms with Crippen LogP contribution in [0.2, 0.25) is 0 Å². The van der Waals surface area contributed by atoms with E-state index in [1.165, 1.54) is 4.90 Å². The van der Waals surface area contributed by atoms with E-state index in [0.717, 1.165) is 19.3 Å². The normalized spacial score (nSPS) is 31.6. The predicted octanol–water partition coefficient (Wildman–Crippen LogP) is 1.00. The summed E-state index contributed by atoms with van der Waals surface area (Å²) in [6.07, 6.45) is 3.22. The van der Waals surface area contributed by atoms with Gasteiger partial charge in [0.25, 0.3) is 0 Å². The van der Waals surface area contributed by atoms with Gasteiger partial charge in [0.15, 0.2) is 0 Å². The van der Waals surface area contributed by atoms with Crippen LogP contribution in [0.25, 0.3) is 0 Å². The fourth-order valence-electron chi connectivity index (χ4n) is 2.99. The lowest BCUT2D eigenvalue weighted by Gasteiger charge is -2.41. The van der Waals surface area contributed by atoms with Crippen LogP contribution in [0, 0.1) is 11.8 Å². The highest BCUT2D eigenvalue weighted by Gasteiger charge is 2.43. The second-order valence-corrected chi connectivity index (χ2v) is 6.44. The molecule has 0 aromatic rings. The maximum atomic E-state index is 12.3. The quantitative estimate of drug-likeness (QED) is 0.792. The van der Waals surface area contributed by atoms with Gasteiger partial charge in [-0.3, -0.25) is 9.59 Å². The van der Waals surface area contributed by atoms with Crippen molar-refractivity contribution in [3.8, 4) is 0 Å². The number of nitrogens with one attached hydrogen (secondary N) is 1. The Morgan fingerprint density at radius 2 is 2.00 bits per heavy atom. The maximum absolute atomic E-state index is 12.3. The number of carboxylic acid groups (broad SMARTS) is 1. The number of amides is 2. The monoisotopic (exact) mass is 296 g/mol. The zero-order chi connectivity index (χ0) is 15.6. The first-order valence-electron chi connectivity index (χ1n) is 7.68. The predicted molar refractivity (Wildman–Crippen MR) is 76.5 cm³/mol. The summed E-state index contributed by atoms with van der Waals surface area (Å²) >= 11 is 0. The summed E-state index contributed by atoms with van der Waals surface area (Å²) in [5, 5.41) is 12.1. The minimum absolute atomic E-state index is 0.00920. The van der Waals surface area contributed by atoms with Crippen molar-refractivity contribution < 1.29 is 19.5 Å². The highest BCUT2D eigenvalue weighted by molar-refractivity contribution is 5.87. The first-order valence-corrected chi connectivity index (χ1v) is 7.68. The third kappa shape index (κ3) is 3.36. The molecule has 1 saturated carbocycles. The van der Waals surface area contributed by atoms with Crippen LogP contribution in [0.1, 0.15) is 46.0 Å². The number of nitrogens with zero attached hydrogens (tertiary/aromatic N) is 1. The number of hydrogen-bond acceptors (Lipinski definition) is 3. The van der Waals surface area contributed by atoms with Crippen molar-refractivity contribution in [2.45, 2.75) is 51.5 Å². The van der Waals surface area contributed by atoms with E-state index in [9.17, 15) is 19.5 Å². The Bertz CT molecular complexity index is 451. The number of rotatable bonds is 5. The molecule has 2 aliphatic rings. The van der Waals surface area contributed by atoms with Gasteiger partial charge < -0.3 is 15.3 Å². The van der Waals surface area contributed by atoms with Crippen LogP contribution in [0.15, 0.2) is 0 Å². The maximum Gasteiger partial charge on any atom is 0.329 e. The van der Waals surface area contributed by atoms with Gasteiger partial charge in [0.2, 0.25) is 11.8 Å². The van der Waals surface area contributed by atoms with Gasteiger partial charge in [0, 0.05) is 25.4 Å². The Morgan fingerprint density at radius 1 is 1.33 bits per heavy atom. The van der Waals surface area contributed by atoms with Crippen molar-refractivity contribution in [1.29, 1.82) is 0 Å². The SMILES string of the molecule is CC1CC1C(=O)NCCC(=O)N1CCCCC1(C)C(=O)O. The molecule has 1 aliphatic heterocycles. The number of aliphatic carboxylic acids is 1. The minimum atomic E-state index is -1.11. The molecule has 0 spiro atoms. The second-order valence-electron chi connectivity index (χ2n) is 6.44. The molecule has 3 atom stereocenters. The van der Waals surface area contributed by atoms with Crippen molar-refractivity contribution in [2.75, 3.05) is 13.1 Å². The number of carbonyl (C=O) groups is 3. The summed E-state index contributed by atoms with van der Waals surface area (Å²) in [5.74, 6) is -0.595. The van der Waals surface area contributed by atoms with Crippen LogP contribution < -0.4 is 5.32 Å². The fraction of sp³-hybridized carbons (Fsp3) is 0.800. The van der Waals surface area contributed by atoms with Gasteiger partial charge >= 0.3 is 5.97 Å². The second kappa shape index (κ2) is 6.03. The smallest absolute Gasteiger partial charge is 0.329 e.